The Labute approximate surface area is 173 Å². The van der Waals surface area contributed by atoms with Crippen LogP contribution in [0.3, 0.4) is 0 Å². The smallest absolute Gasteiger partial charge is 0.234 e. The first-order valence-corrected chi connectivity index (χ1v) is 10.6. The summed E-state index contributed by atoms with van der Waals surface area (Å²) < 4.78 is 14.6. The number of para-hydroxylation sites is 2. The van der Waals surface area contributed by atoms with Gasteiger partial charge in [-0.2, -0.15) is 0 Å². The molecule has 2 aromatic carbocycles. The van der Waals surface area contributed by atoms with Gasteiger partial charge >= 0.3 is 0 Å². The zero-order valence-electron chi connectivity index (χ0n) is 14.9. The van der Waals surface area contributed by atoms with Crippen LogP contribution in [0.15, 0.2) is 66.0 Å². The summed E-state index contributed by atoms with van der Waals surface area (Å²) in [4.78, 5) is 26.7. The van der Waals surface area contributed by atoms with E-state index in [0.717, 1.165) is 31.3 Å². The van der Waals surface area contributed by atoms with Gasteiger partial charge in [0.2, 0.25) is 5.91 Å². The van der Waals surface area contributed by atoms with E-state index in [-0.39, 0.29) is 17.3 Å². The number of pyridine rings is 1. The molecule has 0 spiro atoms. The molecule has 0 radical (unpaired) electrons. The molecule has 142 valence electrons. The summed E-state index contributed by atoms with van der Waals surface area (Å²) >= 11 is 2.81. The fourth-order valence-electron chi connectivity index (χ4n) is 3.07. The number of nitrogens with one attached hydrogen (secondary N) is 1. The van der Waals surface area contributed by atoms with Gasteiger partial charge in [0.1, 0.15) is 22.0 Å². The lowest BCUT2D eigenvalue weighted by Gasteiger charge is -2.06. The van der Waals surface area contributed by atoms with Crippen molar-refractivity contribution in [1.82, 2.24) is 15.0 Å². The van der Waals surface area contributed by atoms with E-state index >= 15 is 0 Å². The Bertz CT molecular complexity index is 1390. The lowest BCUT2D eigenvalue weighted by atomic mass is 10.2. The summed E-state index contributed by atoms with van der Waals surface area (Å²) in [5.74, 6) is -0.640. The molecule has 3 heterocycles. The fourth-order valence-corrected chi connectivity index (χ4v) is 5.06. The summed E-state index contributed by atoms with van der Waals surface area (Å²) in [6, 6.07) is 16.1. The Balaban J connectivity index is 1.45. The van der Waals surface area contributed by atoms with Gasteiger partial charge in [-0.1, -0.05) is 42.1 Å². The van der Waals surface area contributed by atoms with Crippen molar-refractivity contribution in [3.05, 3.63) is 66.7 Å². The van der Waals surface area contributed by atoms with Crippen LogP contribution in [0.4, 0.5) is 10.1 Å². The highest BCUT2D eigenvalue weighted by Gasteiger charge is 2.15. The minimum Gasteiger partial charge on any atom is -0.323 e. The third-order valence-corrected chi connectivity index (χ3v) is 6.62. The highest BCUT2D eigenvalue weighted by atomic mass is 32.2. The van der Waals surface area contributed by atoms with Gasteiger partial charge in [0, 0.05) is 10.8 Å². The van der Waals surface area contributed by atoms with Gasteiger partial charge in [0.05, 0.1) is 27.2 Å². The van der Waals surface area contributed by atoms with Gasteiger partial charge in [0.25, 0.3) is 0 Å². The molecule has 1 amide bonds. The number of aromatic nitrogens is 3. The second-order valence-electron chi connectivity index (χ2n) is 6.31. The Morgan fingerprint density at radius 1 is 1.10 bits per heavy atom. The lowest BCUT2D eigenvalue weighted by Crippen LogP contribution is -2.15. The summed E-state index contributed by atoms with van der Waals surface area (Å²) in [6.07, 6.45) is 1.50. The molecule has 0 bridgehead atoms. The molecule has 0 aliphatic carbocycles. The van der Waals surface area contributed by atoms with Crippen molar-refractivity contribution in [2.45, 2.75) is 5.03 Å². The van der Waals surface area contributed by atoms with Gasteiger partial charge < -0.3 is 5.32 Å². The fraction of sp³-hybridized carbons (Fsp3) is 0.0476. The van der Waals surface area contributed by atoms with Crippen LogP contribution in [0.25, 0.3) is 31.3 Å². The number of amides is 1. The van der Waals surface area contributed by atoms with Crippen LogP contribution in [0.1, 0.15) is 0 Å². The zero-order valence-corrected chi connectivity index (χ0v) is 16.6. The monoisotopic (exact) mass is 420 g/mol. The van der Waals surface area contributed by atoms with E-state index in [4.69, 9.17) is 4.98 Å². The number of hydrogen-bond acceptors (Lipinski definition) is 6. The number of nitrogens with zero attached hydrogens (tertiary/aromatic N) is 3. The van der Waals surface area contributed by atoms with Crippen molar-refractivity contribution >= 4 is 66.0 Å². The van der Waals surface area contributed by atoms with Gasteiger partial charge in [-0.05, 0) is 24.3 Å². The largest absolute Gasteiger partial charge is 0.323 e. The number of rotatable bonds is 4. The Hall–Kier alpha value is -3.10. The first-order valence-electron chi connectivity index (χ1n) is 8.79. The molecule has 5 nitrogen and oxygen atoms in total. The summed E-state index contributed by atoms with van der Waals surface area (Å²) in [5.41, 5.74) is 1.93. The van der Waals surface area contributed by atoms with E-state index in [1.54, 1.807) is 12.1 Å². The average Bonchev–Trinajstić information content (AvgIpc) is 3.10. The van der Waals surface area contributed by atoms with Crippen LogP contribution >= 0.6 is 23.1 Å². The van der Waals surface area contributed by atoms with Crippen molar-refractivity contribution in [3.63, 3.8) is 0 Å². The number of thiophene rings is 1. The molecule has 5 rings (SSSR count). The second kappa shape index (κ2) is 7.38. The predicted octanol–water partition coefficient (Wildman–Crippen LogP) is 5.26. The van der Waals surface area contributed by atoms with E-state index < -0.39 is 5.82 Å². The maximum atomic E-state index is 13.7. The van der Waals surface area contributed by atoms with Crippen LogP contribution in [-0.4, -0.2) is 26.6 Å². The molecule has 3 aromatic heterocycles. The molecule has 0 aliphatic heterocycles. The maximum Gasteiger partial charge on any atom is 0.234 e. The Kier molecular flexibility index (Phi) is 4.57. The van der Waals surface area contributed by atoms with E-state index in [1.807, 2.05) is 24.3 Å². The Morgan fingerprint density at radius 3 is 2.83 bits per heavy atom. The molecule has 0 aliphatic rings. The highest BCUT2D eigenvalue weighted by Crippen LogP contribution is 2.37. The Morgan fingerprint density at radius 2 is 1.93 bits per heavy atom. The third kappa shape index (κ3) is 3.41. The normalized spacial score (nSPS) is 11.3. The van der Waals surface area contributed by atoms with Crippen molar-refractivity contribution in [2.75, 3.05) is 11.1 Å². The number of carbonyl (C=O) groups excluding carboxylic acids is 1. The number of anilines is 1. The third-order valence-electron chi connectivity index (χ3n) is 4.40. The van der Waals surface area contributed by atoms with Crippen molar-refractivity contribution in [2.24, 2.45) is 0 Å². The van der Waals surface area contributed by atoms with Gasteiger partial charge in [0.15, 0.2) is 0 Å². The molecule has 8 heteroatoms. The molecular formula is C21H13FN4OS2. The number of fused-ring (bicyclic) bond motifs is 4. The van der Waals surface area contributed by atoms with Crippen molar-refractivity contribution in [1.29, 1.82) is 0 Å². The van der Waals surface area contributed by atoms with Gasteiger partial charge in [-0.3, -0.25) is 4.79 Å². The predicted molar refractivity (Wildman–Crippen MR) is 116 cm³/mol. The first-order chi connectivity index (χ1) is 14.2. The van der Waals surface area contributed by atoms with Gasteiger partial charge in [-0.25, -0.2) is 19.3 Å². The molecule has 0 fully saturated rings. The molecule has 29 heavy (non-hydrogen) atoms. The minimum atomic E-state index is -0.460. The number of halogens is 1. The maximum absolute atomic E-state index is 13.7. The zero-order chi connectivity index (χ0) is 19.8. The van der Waals surface area contributed by atoms with Crippen LogP contribution in [0, 0.1) is 5.82 Å². The topological polar surface area (TPSA) is 67.8 Å². The molecule has 1 N–H and O–H groups in total. The molecule has 0 unspecified atom stereocenters. The SMILES string of the molecule is O=C(CSc1ncnc2c1sc1nc3ccccc3cc12)Nc1ccccc1F. The molecule has 5 aromatic rings. The van der Waals surface area contributed by atoms with E-state index in [9.17, 15) is 9.18 Å². The number of thioether (sulfide) groups is 1. The summed E-state index contributed by atoms with van der Waals surface area (Å²) in [6.45, 7) is 0. The van der Waals surface area contributed by atoms with Gasteiger partial charge in [-0.15, -0.1) is 11.3 Å². The number of benzene rings is 2. The molecule has 0 atom stereocenters. The van der Waals surface area contributed by atoms with Crippen LogP contribution in [-0.2, 0) is 4.79 Å². The van der Waals surface area contributed by atoms with Crippen LogP contribution < -0.4 is 5.32 Å². The van der Waals surface area contributed by atoms with Crippen molar-refractivity contribution < 1.29 is 9.18 Å². The summed E-state index contributed by atoms with van der Waals surface area (Å²) in [5, 5.41) is 5.33. The minimum absolute atomic E-state index is 0.115. The van der Waals surface area contributed by atoms with Crippen LogP contribution in [0.5, 0.6) is 0 Å². The molecule has 0 saturated heterocycles. The lowest BCUT2D eigenvalue weighted by molar-refractivity contribution is -0.113. The standard InChI is InChI=1S/C21H13FN4OS2/c22-14-6-2-4-8-16(14)25-17(27)10-28-21-19-18(23-11-24-21)13-9-12-5-1-3-7-15(12)26-20(13)29-19/h1-9,11H,10H2,(H,25,27). The molecular weight excluding hydrogens is 407 g/mol. The quantitative estimate of drug-likeness (QED) is 0.317. The average molecular weight is 420 g/mol. The molecule has 0 saturated carbocycles. The summed E-state index contributed by atoms with van der Waals surface area (Å²) in [7, 11) is 0. The van der Waals surface area contributed by atoms with Crippen LogP contribution in [0.2, 0.25) is 0 Å². The second-order valence-corrected chi connectivity index (χ2v) is 8.27. The van der Waals surface area contributed by atoms with Crippen molar-refractivity contribution in [3.8, 4) is 0 Å². The highest BCUT2D eigenvalue weighted by molar-refractivity contribution is 8.00. The first kappa shape index (κ1) is 18.0. The van der Waals surface area contributed by atoms with E-state index in [2.05, 4.69) is 21.4 Å². The van der Waals surface area contributed by atoms with E-state index in [1.165, 1.54) is 41.6 Å². The number of carbonyl (C=O) groups is 1. The number of hydrogen-bond donors (Lipinski definition) is 1. The van der Waals surface area contributed by atoms with E-state index in [0.29, 0.717) is 5.03 Å².